The van der Waals surface area contributed by atoms with E-state index in [-0.39, 0.29) is 71.0 Å². The Morgan fingerprint density at radius 2 is 1.35 bits per heavy atom. The number of hydrogen-bond acceptors (Lipinski definition) is 11. The number of nitrogens with zero attached hydrogens (tertiary/aromatic N) is 4. The number of fused-ring (bicyclic) bond motifs is 1. The first-order valence-electron chi connectivity index (χ1n) is 20.2. The van der Waals surface area contributed by atoms with Gasteiger partial charge in [0.1, 0.15) is 28.3 Å². The Balaban J connectivity index is 0.000000996. The number of aromatic nitrogens is 1. The zero-order valence-electron chi connectivity index (χ0n) is 37.8. The number of hydrogen-bond donors (Lipinski definition) is 7. The number of carboxylic acid groups (broad SMARTS) is 3. The largest absolute Gasteiger partial charge is 0.490 e. The van der Waals surface area contributed by atoms with Gasteiger partial charge in [-0.2, -0.15) is 44.2 Å². The van der Waals surface area contributed by atoms with E-state index in [1.165, 1.54) is 19.1 Å². The molecule has 1 aliphatic rings. The van der Waals surface area contributed by atoms with Crippen molar-refractivity contribution in [2.24, 2.45) is 22.2 Å². The summed E-state index contributed by atoms with van der Waals surface area (Å²) in [6.07, 6.45) is -13.7. The number of halogens is 11. The second-order valence-electron chi connectivity index (χ2n) is 15.1. The van der Waals surface area contributed by atoms with Crippen LogP contribution in [0, 0.1) is 13.8 Å². The van der Waals surface area contributed by atoms with Crippen LogP contribution in [-0.2, 0) is 40.6 Å². The Hall–Kier alpha value is -5.91. The second-order valence-corrected chi connectivity index (χ2v) is 17.6. The molecule has 4 rings (SSSR count). The molecule has 0 radical (unpaired) electrons. The number of para-hydroxylation sites is 1. The number of alkyl halides is 9. The van der Waals surface area contributed by atoms with Crippen molar-refractivity contribution >= 4 is 79.8 Å². The number of benzene rings is 2. The van der Waals surface area contributed by atoms with Gasteiger partial charge in [-0.1, -0.05) is 42.3 Å². The van der Waals surface area contributed by atoms with Gasteiger partial charge in [-0.05, 0) is 69.9 Å². The molecule has 0 aliphatic carbocycles. The molecule has 19 nitrogen and oxygen atoms in total. The van der Waals surface area contributed by atoms with E-state index in [2.05, 4.69) is 14.7 Å². The van der Waals surface area contributed by atoms with Crippen molar-refractivity contribution in [3.63, 3.8) is 0 Å². The van der Waals surface area contributed by atoms with Gasteiger partial charge in [0.25, 0.3) is 0 Å². The average Bonchev–Trinajstić information content (AvgIpc) is 3.24. The fourth-order valence-corrected chi connectivity index (χ4v) is 8.21. The molecule has 71 heavy (non-hydrogen) atoms. The van der Waals surface area contributed by atoms with Gasteiger partial charge in [-0.3, -0.25) is 14.6 Å². The SMILES string of the molecule is CC[C@@](C)(NS(=O)(=O)c1ccc(Cl)c(COc2cccc3c(C)cc(C)nc23)c1Cl)C(=O)N1CCN(C(=O)C[C@@H](N)CCCN=C(N)N)CC1.O=C(O)C(F)(F)F.O=C(O)C(F)(F)F.O=C(O)C(F)(F)F. The van der Waals surface area contributed by atoms with E-state index in [0.717, 1.165) is 16.6 Å². The number of carbonyl (C=O) groups is 5. The maximum Gasteiger partial charge on any atom is 0.490 e. The summed E-state index contributed by atoms with van der Waals surface area (Å²) in [6.45, 7) is 8.56. The fourth-order valence-electron chi connectivity index (χ4n) is 5.88. The molecule has 10 N–H and O–H groups in total. The van der Waals surface area contributed by atoms with E-state index in [9.17, 15) is 57.5 Å². The summed E-state index contributed by atoms with van der Waals surface area (Å²) in [6, 6.07) is 9.97. The van der Waals surface area contributed by atoms with Gasteiger partial charge in [0.2, 0.25) is 21.8 Å². The molecular weight excluding hydrogens is 1040 g/mol. The van der Waals surface area contributed by atoms with Gasteiger partial charge in [-0.15, -0.1) is 0 Å². The van der Waals surface area contributed by atoms with E-state index < -0.39 is 57.9 Å². The van der Waals surface area contributed by atoms with Crippen LogP contribution in [0.1, 0.15) is 56.4 Å². The Bertz CT molecular complexity index is 2450. The number of carbonyl (C=O) groups excluding carboxylic acids is 2. The number of sulfonamides is 1. The predicted molar refractivity (Wildman–Crippen MR) is 238 cm³/mol. The van der Waals surface area contributed by atoms with Crippen LogP contribution in [0.2, 0.25) is 10.0 Å². The van der Waals surface area contributed by atoms with Crippen LogP contribution in [0.4, 0.5) is 39.5 Å². The minimum absolute atomic E-state index is 0.0128. The number of carboxylic acids is 3. The number of aryl methyl sites for hydroxylation is 2. The number of amides is 2. The standard InChI is InChI=1S/C34H46Cl2N8O5S.3C2HF3O2/c1-5-34(4,32(46)44-16-14-43(15-17-44)29(45)19-23(37)8-7-13-40-33(38)39)42-50(47,48)28-12-11-26(35)25(30(28)36)20-49-27-10-6-9-24-21(2)18-22(3)41-31(24)27;3*3-2(4,5)1(6)7/h6,9-12,18,23,42H,5,7-8,13-17,19-20,37H2,1-4H3,(H4,38,39,40);3*(H,6,7)/t23-,34+;;;/m0.../s1. The van der Waals surface area contributed by atoms with E-state index in [4.69, 9.17) is 74.8 Å². The fraction of sp³-hybridized carbons (Fsp3) is 0.475. The molecule has 0 saturated carbocycles. The average molecular weight is 1090 g/mol. The number of nitrogens with one attached hydrogen (secondary N) is 1. The summed E-state index contributed by atoms with van der Waals surface area (Å²) in [5.74, 6) is -8.27. The lowest BCUT2D eigenvalue weighted by molar-refractivity contribution is -0.193. The molecule has 31 heteroatoms. The quantitative estimate of drug-likeness (QED) is 0.0452. The van der Waals surface area contributed by atoms with E-state index in [1.807, 2.05) is 32.0 Å². The third kappa shape index (κ3) is 20.4. The maximum absolute atomic E-state index is 13.8. The number of piperazine rings is 1. The first-order valence-corrected chi connectivity index (χ1v) is 22.4. The van der Waals surface area contributed by atoms with Gasteiger partial charge < -0.3 is 47.1 Å². The Morgan fingerprint density at radius 1 is 0.859 bits per heavy atom. The number of pyridine rings is 1. The van der Waals surface area contributed by atoms with Gasteiger partial charge in [0.15, 0.2) is 5.96 Å². The summed E-state index contributed by atoms with van der Waals surface area (Å²) in [5.41, 5.74) is 18.1. The van der Waals surface area contributed by atoms with Crippen LogP contribution in [0.5, 0.6) is 5.75 Å². The first kappa shape index (κ1) is 63.1. The normalized spacial score (nSPS) is 14.2. The molecule has 1 saturated heterocycles. The number of ether oxygens (including phenoxy) is 1. The molecule has 3 aromatic rings. The zero-order valence-corrected chi connectivity index (χ0v) is 40.1. The van der Waals surface area contributed by atoms with Gasteiger partial charge in [0, 0.05) is 66.9 Å². The van der Waals surface area contributed by atoms with Gasteiger partial charge in [-0.25, -0.2) is 27.8 Å². The highest BCUT2D eigenvalue weighted by atomic mass is 35.5. The third-order valence-corrected chi connectivity index (χ3v) is 12.1. The number of nitrogens with two attached hydrogens (primary N) is 3. The topological polar surface area (TPSA) is 311 Å². The summed E-state index contributed by atoms with van der Waals surface area (Å²) < 4.78 is 132. The second kappa shape index (κ2) is 26.5. The summed E-state index contributed by atoms with van der Waals surface area (Å²) >= 11 is 13.2. The van der Waals surface area contributed by atoms with Crippen LogP contribution in [0.3, 0.4) is 0 Å². The first-order chi connectivity index (χ1) is 32.4. The highest BCUT2D eigenvalue weighted by Gasteiger charge is 2.42. The van der Waals surface area contributed by atoms with E-state index >= 15 is 0 Å². The molecule has 1 aromatic heterocycles. The predicted octanol–water partition coefficient (Wildman–Crippen LogP) is 5.53. The van der Waals surface area contributed by atoms with Crippen molar-refractivity contribution in [2.75, 3.05) is 32.7 Å². The van der Waals surface area contributed by atoms with Crippen LogP contribution in [-0.4, -0.2) is 137 Å². The Kier molecular flexibility index (Phi) is 23.6. The molecule has 398 valence electrons. The lowest BCUT2D eigenvalue weighted by Crippen LogP contribution is -2.61. The molecule has 1 fully saturated rings. The molecule has 0 spiro atoms. The van der Waals surface area contributed by atoms with E-state index in [1.54, 1.807) is 22.8 Å². The van der Waals surface area contributed by atoms with Crippen LogP contribution in [0.15, 0.2) is 46.3 Å². The van der Waals surface area contributed by atoms with Crippen molar-refractivity contribution in [3.8, 4) is 5.75 Å². The van der Waals surface area contributed by atoms with Crippen LogP contribution >= 0.6 is 23.2 Å². The minimum Gasteiger partial charge on any atom is -0.487 e. The lowest BCUT2D eigenvalue weighted by atomic mass is 9.98. The maximum atomic E-state index is 13.8. The van der Waals surface area contributed by atoms with Crippen LogP contribution in [0.25, 0.3) is 10.9 Å². The Labute approximate surface area is 409 Å². The molecule has 0 bridgehead atoms. The molecule has 2 heterocycles. The van der Waals surface area contributed by atoms with Crippen molar-refractivity contribution in [2.45, 2.75) is 95.0 Å². The van der Waals surface area contributed by atoms with Crippen molar-refractivity contribution in [1.82, 2.24) is 19.5 Å². The van der Waals surface area contributed by atoms with Gasteiger partial charge >= 0.3 is 36.4 Å². The zero-order chi connectivity index (χ0) is 55.0. The van der Waals surface area contributed by atoms with Crippen molar-refractivity contribution < 1.29 is 92.0 Å². The highest BCUT2D eigenvalue weighted by molar-refractivity contribution is 7.89. The number of rotatable bonds is 14. The van der Waals surface area contributed by atoms with E-state index in [0.29, 0.717) is 43.7 Å². The smallest absolute Gasteiger partial charge is 0.487 e. The molecule has 2 atom stereocenters. The summed E-state index contributed by atoms with van der Waals surface area (Å²) in [7, 11) is -4.32. The van der Waals surface area contributed by atoms with Crippen LogP contribution < -0.4 is 26.7 Å². The van der Waals surface area contributed by atoms with Gasteiger partial charge in [0.05, 0.1) is 5.02 Å². The van der Waals surface area contributed by atoms with Crippen molar-refractivity contribution in [3.05, 3.63) is 63.3 Å². The highest BCUT2D eigenvalue weighted by Crippen LogP contribution is 2.35. The Morgan fingerprint density at radius 3 is 1.82 bits per heavy atom. The number of aliphatic imine (C=N–C) groups is 1. The molecule has 2 amide bonds. The number of aliphatic carboxylic acids is 3. The monoisotopic (exact) mass is 1090 g/mol. The van der Waals surface area contributed by atoms with Crippen molar-refractivity contribution in [1.29, 1.82) is 0 Å². The molecule has 0 unspecified atom stereocenters. The molecule has 1 aliphatic heterocycles. The minimum atomic E-state index is -5.08. The summed E-state index contributed by atoms with van der Waals surface area (Å²) in [5, 5.41) is 22.4. The lowest BCUT2D eigenvalue weighted by Gasteiger charge is -2.40. The number of guanidine groups is 1. The summed E-state index contributed by atoms with van der Waals surface area (Å²) in [4.78, 5) is 64.9. The molecule has 2 aromatic carbocycles. The third-order valence-electron chi connectivity index (χ3n) is 9.60. The molecular formula is C40H49Cl2F9N8O11S.